The van der Waals surface area contributed by atoms with E-state index in [4.69, 9.17) is 0 Å². The Bertz CT molecular complexity index is 596. The van der Waals surface area contributed by atoms with E-state index >= 15 is 0 Å². The van der Waals surface area contributed by atoms with Gasteiger partial charge in [0.25, 0.3) is 0 Å². The van der Waals surface area contributed by atoms with Crippen molar-refractivity contribution in [3.8, 4) is 5.75 Å². The van der Waals surface area contributed by atoms with Crippen LogP contribution < -0.4 is 5.32 Å². The van der Waals surface area contributed by atoms with Gasteiger partial charge in [-0.25, -0.2) is 0 Å². The molecule has 0 spiro atoms. The van der Waals surface area contributed by atoms with Gasteiger partial charge in [-0.1, -0.05) is 18.2 Å². The fraction of sp³-hybridized carbons (Fsp3) is 0.200. The van der Waals surface area contributed by atoms with Crippen LogP contribution in [0.25, 0.3) is 0 Å². The molecular weight excluding hydrogens is 267 g/mol. The van der Waals surface area contributed by atoms with Crippen LogP contribution in [0.15, 0.2) is 48.5 Å². The number of benzene rings is 2. The summed E-state index contributed by atoms with van der Waals surface area (Å²) in [6, 6.07) is 11.3. The molecule has 1 atom stereocenters. The highest BCUT2D eigenvalue weighted by atomic mass is 19.4. The highest BCUT2D eigenvalue weighted by Gasteiger charge is 2.30. The number of alkyl halides is 3. The molecule has 2 aromatic rings. The number of halogens is 3. The van der Waals surface area contributed by atoms with Crippen molar-refractivity contribution in [1.82, 2.24) is 0 Å². The van der Waals surface area contributed by atoms with E-state index in [1.807, 2.05) is 0 Å². The van der Waals surface area contributed by atoms with Crippen LogP contribution in [0.1, 0.15) is 24.1 Å². The van der Waals surface area contributed by atoms with Crippen LogP contribution in [-0.2, 0) is 6.18 Å². The SMILES string of the molecule is CC(Nc1cccc(O)c1)c1cccc(C(F)(F)F)c1. The number of phenols is 1. The molecule has 20 heavy (non-hydrogen) atoms. The van der Waals surface area contributed by atoms with Gasteiger partial charge in [0.15, 0.2) is 0 Å². The summed E-state index contributed by atoms with van der Waals surface area (Å²) < 4.78 is 38.0. The Labute approximate surface area is 114 Å². The Morgan fingerprint density at radius 2 is 1.75 bits per heavy atom. The van der Waals surface area contributed by atoms with E-state index in [0.717, 1.165) is 12.1 Å². The van der Waals surface area contributed by atoms with Crippen LogP contribution in [0.3, 0.4) is 0 Å². The van der Waals surface area contributed by atoms with Crippen molar-refractivity contribution in [1.29, 1.82) is 0 Å². The van der Waals surface area contributed by atoms with Crippen molar-refractivity contribution < 1.29 is 18.3 Å². The number of aromatic hydroxyl groups is 1. The number of anilines is 1. The fourth-order valence-corrected chi connectivity index (χ4v) is 1.91. The maximum Gasteiger partial charge on any atom is 0.416 e. The molecule has 0 fully saturated rings. The van der Waals surface area contributed by atoms with Crippen molar-refractivity contribution >= 4 is 5.69 Å². The van der Waals surface area contributed by atoms with Gasteiger partial charge in [-0.15, -0.1) is 0 Å². The van der Waals surface area contributed by atoms with Crippen LogP contribution in [0.5, 0.6) is 5.75 Å². The molecule has 2 aromatic carbocycles. The minimum atomic E-state index is -4.35. The Balaban J connectivity index is 2.19. The molecule has 0 aliphatic heterocycles. The van der Waals surface area contributed by atoms with Gasteiger partial charge in [-0.3, -0.25) is 0 Å². The number of hydrogen-bond donors (Lipinski definition) is 2. The zero-order chi connectivity index (χ0) is 14.8. The maximum absolute atomic E-state index is 12.7. The highest BCUT2D eigenvalue weighted by molar-refractivity contribution is 5.49. The quantitative estimate of drug-likeness (QED) is 0.862. The number of nitrogens with one attached hydrogen (secondary N) is 1. The molecule has 0 bridgehead atoms. The van der Waals surface area contributed by atoms with Gasteiger partial charge in [0.2, 0.25) is 0 Å². The van der Waals surface area contributed by atoms with E-state index in [9.17, 15) is 18.3 Å². The first-order chi connectivity index (χ1) is 9.36. The predicted octanol–water partition coefficient (Wildman–Crippen LogP) is 4.58. The summed E-state index contributed by atoms with van der Waals surface area (Å²) in [6.45, 7) is 1.76. The van der Waals surface area contributed by atoms with Crippen LogP contribution in [0, 0.1) is 0 Å². The van der Waals surface area contributed by atoms with Gasteiger partial charge in [-0.2, -0.15) is 13.2 Å². The van der Waals surface area contributed by atoms with Crippen LogP contribution >= 0.6 is 0 Å². The Morgan fingerprint density at radius 3 is 2.40 bits per heavy atom. The second-order valence-electron chi connectivity index (χ2n) is 4.54. The minimum absolute atomic E-state index is 0.103. The number of hydrogen-bond acceptors (Lipinski definition) is 2. The summed E-state index contributed by atoms with van der Waals surface area (Å²) in [6.07, 6.45) is -4.35. The molecule has 2 N–H and O–H groups in total. The molecule has 2 rings (SSSR count). The molecule has 0 radical (unpaired) electrons. The van der Waals surface area contributed by atoms with E-state index in [0.29, 0.717) is 11.3 Å². The first kappa shape index (κ1) is 14.2. The van der Waals surface area contributed by atoms with E-state index in [1.165, 1.54) is 18.2 Å². The zero-order valence-corrected chi connectivity index (χ0v) is 10.8. The number of rotatable bonds is 3. The fourth-order valence-electron chi connectivity index (χ4n) is 1.91. The Kier molecular flexibility index (Phi) is 3.88. The number of phenolic OH excluding ortho intramolecular Hbond substituents is 1. The Morgan fingerprint density at radius 1 is 1.05 bits per heavy atom. The summed E-state index contributed by atoms with van der Waals surface area (Å²) in [4.78, 5) is 0. The van der Waals surface area contributed by atoms with Gasteiger partial charge in [-0.05, 0) is 36.8 Å². The lowest BCUT2D eigenvalue weighted by Gasteiger charge is -2.17. The van der Waals surface area contributed by atoms with Crippen molar-refractivity contribution in [2.24, 2.45) is 0 Å². The monoisotopic (exact) mass is 281 g/mol. The second kappa shape index (κ2) is 5.45. The Hall–Kier alpha value is -2.17. The molecule has 0 amide bonds. The summed E-state index contributed by atoms with van der Waals surface area (Å²) in [5.74, 6) is 0.103. The molecule has 0 heterocycles. The van der Waals surface area contributed by atoms with Gasteiger partial charge < -0.3 is 10.4 Å². The van der Waals surface area contributed by atoms with Crippen LogP contribution in [0.4, 0.5) is 18.9 Å². The lowest BCUT2D eigenvalue weighted by molar-refractivity contribution is -0.137. The third-order valence-electron chi connectivity index (χ3n) is 2.94. The van der Waals surface area contributed by atoms with Gasteiger partial charge in [0.1, 0.15) is 5.75 Å². The van der Waals surface area contributed by atoms with E-state index in [1.54, 1.807) is 25.1 Å². The lowest BCUT2D eigenvalue weighted by Crippen LogP contribution is -2.10. The van der Waals surface area contributed by atoms with Crippen LogP contribution in [0.2, 0.25) is 0 Å². The molecule has 0 aliphatic rings. The standard InChI is InChI=1S/C15H14F3NO/c1-10(19-13-6-3-7-14(20)9-13)11-4-2-5-12(8-11)15(16,17)18/h2-10,19-20H,1H3. The molecule has 0 saturated carbocycles. The molecular formula is C15H14F3NO. The van der Waals surface area contributed by atoms with Gasteiger partial charge in [0, 0.05) is 17.8 Å². The average Bonchev–Trinajstić information content (AvgIpc) is 2.38. The molecule has 2 nitrogen and oxygen atoms in total. The summed E-state index contributed by atoms with van der Waals surface area (Å²) >= 11 is 0. The normalized spacial score (nSPS) is 13.0. The van der Waals surface area contributed by atoms with Gasteiger partial charge in [0.05, 0.1) is 5.56 Å². The summed E-state index contributed by atoms with van der Waals surface area (Å²) in [5.41, 5.74) is 0.512. The van der Waals surface area contributed by atoms with E-state index in [-0.39, 0.29) is 11.8 Å². The van der Waals surface area contributed by atoms with Crippen molar-refractivity contribution in [3.63, 3.8) is 0 Å². The zero-order valence-electron chi connectivity index (χ0n) is 10.8. The molecule has 0 aliphatic carbocycles. The second-order valence-corrected chi connectivity index (χ2v) is 4.54. The average molecular weight is 281 g/mol. The minimum Gasteiger partial charge on any atom is -0.508 e. The first-order valence-electron chi connectivity index (χ1n) is 6.09. The molecule has 1 unspecified atom stereocenters. The highest BCUT2D eigenvalue weighted by Crippen LogP contribution is 2.31. The van der Waals surface area contributed by atoms with E-state index in [2.05, 4.69) is 5.32 Å². The smallest absolute Gasteiger partial charge is 0.416 e. The van der Waals surface area contributed by atoms with Gasteiger partial charge >= 0.3 is 6.18 Å². The van der Waals surface area contributed by atoms with Crippen LogP contribution in [-0.4, -0.2) is 5.11 Å². The topological polar surface area (TPSA) is 32.3 Å². The maximum atomic E-state index is 12.7. The summed E-state index contributed by atoms with van der Waals surface area (Å²) in [7, 11) is 0. The molecule has 106 valence electrons. The molecule has 0 aromatic heterocycles. The largest absolute Gasteiger partial charge is 0.508 e. The first-order valence-corrected chi connectivity index (χ1v) is 6.09. The van der Waals surface area contributed by atoms with Crippen molar-refractivity contribution in [3.05, 3.63) is 59.7 Å². The summed E-state index contributed by atoms with van der Waals surface area (Å²) in [5, 5.41) is 12.4. The third kappa shape index (κ3) is 3.44. The van der Waals surface area contributed by atoms with Crippen molar-refractivity contribution in [2.75, 3.05) is 5.32 Å². The van der Waals surface area contributed by atoms with E-state index < -0.39 is 11.7 Å². The van der Waals surface area contributed by atoms with Crippen molar-refractivity contribution in [2.45, 2.75) is 19.1 Å². The molecule has 0 saturated heterocycles. The lowest BCUT2D eigenvalue weighted by atomic mass is 10.0. The molecule has 5 heteroatoms. The predicted molar refractivity (Wildman–Crippen MR) is 71.6 cm³/mol. The third-order valence-corrected chi connectivity index (χ3v) is 2.94.